The van der Waals surface area contributed by atoms with E-state index < -0.39 is 6.04 Å². The van der Waals surface area contributed by atoms with Gasteiger partial charge in [0.2, 0.25) is 5.91 Å². The summed E-state index contributed by atoms with van der Waals surface area (Å²) in [5.74, 6) is 0.426. The first-order valence-corrected chi connectivity index (χ1v) is 10.3. The third-order valence-corrected chi connectivity index (χ3v) is 6.56. The Kier molecular flexibility index (Phi) is 4.79. The van der Waals surface area contributed by atoms with Gasteiger partial charge in [-0.2, -0.15) is 0 Å². The van der Waals surface area contributed by atoms with Crippen LogP contribution in [-0.4, -0.2) is 15.5 Å². The fraction of sp³-hybridized carbons (Fsp3) is 0.381. The SMILES string of the molecule is Cc1nc2sc3c(c2c(=O)n1C(C)C(=O)Nc1ccc(F)cc1)CCC(C)C3. The molecule has 146 valence electrons. The molecule has 4 rings (SSSR count). The molecule has 0 saturated carbocycles. The highest BCUT2D eigenvalue weighted by Gasteiger charge is 2.26. The molecule has 5 nitrogen and oxygen atoms in total. The van der Waals surface area contributed by atoms with Crippen molar-refractivity contribution in [2.24, 2.45) is 5.92 Å². The number of hydrogen-bond acceptors (Lipinski definition) is 4. The summed E-state index contributed by atoms with van der Waals surface area (Å²) in [5, 5.41) is 3.41. The van der Waals surface area contributed by atoms with E-state index in [1.807, 2.05) is 0 Å². The van der Waals surface area contributed by atoms with E-state index in [1.165, 1.54) is 33.7 Å². The van der Waals surface area contributed by atoms with Crippen LogP contribution >= 0.6 is 11.3 Å². The largest absolute Gasteiger partial charge is 0.324 e. The minimum absolute atomic E-state index is 0.156. The molecule has 0 fully saturated rings. The molecule has 0 saturated heterocycles. The number of carbonyl (C=O) groups excluding carboxylic acids is 1. The molecule has 1 amide bonds. The van der Waals surface area contributed by atoms with Gasteiger partial charge in [-0.1, -0.05) is 6.92 Å². The van der Waals surface area contributed by atoms with E-state index >= 15 is 0 Å². The number of amides is 1. The number of hydrogen-bond donors (Lipinski definition) is 1. The Labute approximate surface area is 166 Å². The lowest BCUT2D eigenvalue weighted by Gasteiger charge is -2.19. The van der Waals surface area contributed by atoms with E-state index in [2.05, 4.69) is 17.2 Å². The molecule has 2 atom stereocenters. The van der Waals surface area contributed by atoms with Crippen molar-refractivity contribution >= 4 is 33.1 Å². The van der Waals surface area contributed by atoms with Crippen molar-refractivity contribution in [3.63, 3.8) is 0 Å². The molecule has 1 aliphatic carbocycles. The van der Waals surface area contributed by atoms with Crippen molar-refractivity contribution in [2.75, 3.05) is 5.32 Å². The molecule has 0 bridgehead atoms. The second kappa shape index (κ2) is 7.13. The molecule has 2 aromatic heterocycles. The van der Waals surface area contributed by atoms with Gasteiger partial charge in [-0.25, -0.2) is 9.37 Å². The van der Waals surface area contributed by atoms with Crippen LogP contribution in [0.25, 0.3) is 10.2 Å². The van der Waals surface area contributed by atoms with Gasteiger partial charge in [0.05, 0.1) is 5.39 Å². The smallest absolute Gasteiger partial charge is 0.263 e. The molecule has 1 aromatic carbocycles. The highest BCUT2D eigenvalue weighted by atomic mass is 32.1. The summed E-state index contributed by atoms with van der Waals surface area (Å²) < 4.78 is 14.5. The van der Waals surface area contributed by atoms with Gasteiger partial charge in [0.25, 0.3) is 5.56 Å². The number of aromatic nitrogens is 2. The van der Waals surface area contributed by atoms with Crippen LogP contribution in [0.4, 0.5) is 10.1 Å². The predicted molar refractivity (Wildman–Crippen MR) is 110 cm³/mol. The van der Waals surface area contributed by atoms with Crippen LogP contribution in [0.2, 0.25) is 0 Å². The number of nitrogens with zero attached hydrogens (tertiary/aromatic N) is 2. The first-order valence-electron chi connectivity index (χ1n) is 9.45. The number of aryl methyl sites for hydroxylation is 2. The molecule has 1 N–H and O–H groups in total. The highest BCUT2D eigenvalue weighted by Crippen LogP contribution is 2.36. The van der Waals surface area contributed by atoms with Crippen LogP contribution < -0.4 is 10.9 Å². The van der Waals surface area contributed by atoms with E-state index in [1.54, 1.807) is 25.2 Å². The molecular formula is C21H22FN3O2S. The van der Waals surface area contributed by atoms with E-state index in [0.29, 0.717) is 22.8 Å². The van der Waals surface area contributed by atoms with Crippen LogP contribution in [0.5, 0.6) is 0 Å². The normalized spacial score (nSPS) is 17.4. The standard InChI is InChI=1S/C21H22FN3O2S/c1-11-4-9-16-17(10-11)28-20-18(16)21(27)25(13(3)23-20)12(2)19(26)24-15-7-5-14(22)6-8-15/h5-8,11-12H,4,9-10H2,1-3H3,(H,24,26). The summed E-state index contributed by atoms with van der Waals surface area (Å²) in [6.07, 6.45) is 2.93. The lowest BCUT2D eigenvalue weighted by atomic mass is 9.89. The molecule has 0 aliphatic heterocycles. The minimum atomic E-state index is -0.729. The quantitative estimate of drug-likeness (QED) is 0.717. The van der Waals surface area contributed by atoms with Crippen molar-refractivity contribution in [1.82, 2.24) is 9.55 Å². The van der Waals surface area contributed by atoms with E-state index in [0.717, 1.165) is 29.7 Å². The fourth-order valence-corrected chi connectivity index (χ4v) is 5.28. The first kappa shape index (κ1) is 18.8. The predicted octanol–water partition coefficient (Wildman–Crippen LogP) is 4.23. The molecule has 0 spiro atoms. The van der Waals surface area contributed by atoms with Gasteiger partial charge < -0.3 is 5.32 Å². The number of benzene rings is 1. The van der Waals surface area contributed by atoms with Gasteiger partial charge in [0.15, 0.2) is 0 Å². The third kappa shape index (κ3) is 3.24. The van der Waals surface area contributed by atoms with Gasteiger partial charge in [0.1, 0.15) is 22.5 Å². The van der Waals surface area contributed by atoms with Crippen molar-refractivity contribution in [2.45, 2.75) is 46.1 Å². The van der Waals surface area contributed by atoms with Crippen molar-refractivity contribution < 1.29 is 9.18 Å². The molecule has 2 unspecified atom stereocenters. The van der Waals surface area contributed by atoms with Crippen LogP contribution in [0, 0.1) is 18.7 Å². The number of halogens is 1. The topological polar surface area (TPSA) is 64.0 Å². The molecule has 7 heteroatoms. The summed E-state index contributed by atoms with van der Waals surface area (Å²) in [5.41, 5.74) is 1.44. The monoisotopic (exact) mass is 399 g/mol. The van der Waals surface area contributed by atoms with Crippen molar-refractivity contribution in [3.8, 4) is 0 Å². The van der Waals surface area contributed by atoms with Gasteiger partial charge in [-0.15, -0.1) is 11.3 Å². The Morgan fingerprint density at radius 1 is 1.36 bits per heavy atom. The summed E-state index contributed by atoms with van der Waals surface area (Å²) in [7, 11) is 0. The van der Waals surface area contributed by atoms with Crippen LogP contribution in [-0.2, 0) is 17.6 Å². The van der Waals surface area contributed by atoms with Gasteiger partial charge in [0, 0.05) is 10.6 Å². The maximum Gasteiger partial charge on any atom is 0.263 e. The summed E-state index contributed by atoms with van der Waals surface area (Å²) in [4.78, 5) is 32.7. The average molecular weight is 399 g/mol. The second-order valence-corrected chi connectivity index (χ2v) is 8.62. The fourth-order valence-electron chi connectivity index (χ4n) is 3.86. The molecule has 1 aliphatic rings. The number of nitrogens with one attached hydrogen (secondary N) is 1. The lowest BCUT2D eigenvalue weighted by Crippen LogP contribution is -2.34. The molecule has 0 radical (unpaired) electrons. The number of fused-ring (bicyclic) bond motifs is 3. The molecule has 3 aromatic rings. The second-order valence-electron chi connectivity index (χ2n) is 7.54. The maximum atomic E-state index is 13.3. The Balaban J connectivity index is 1.72. The Morgan fingerprint density at radius 3 is 2.79 bits per heavy atom. The van der Waals surface area contributed by atoms with Gasteiger partial charge >= 0.3 is 0 Å². The summed E-state index contributed by atoms with van der Waals surface area (Å²) in [6.45, 7) is 5.66. The Morgan fingerprint density at radius 2 is 2.07 bits per heavy atom. The zero-order valence-electron chi connectivity index (χ0n) is 16.1. The highest BCUT2D eigenvalue weighted by molar-refractivity contribution is 7.18. The van der Waals surface area contributed by atoms with Crippen LogP contribution in [0.15, 0.2) is 29.1 Å². The summed E-state index contributed by atoms with van der Waals surface area (Å²) >= 11 is 1.60. The molecular weight excluding hydrogens is 377 g/mol. The Hall–Kier alpha value is -2.54. The average Bonchev–Trinajstić information content (AvgIpc) is 3.00. The summed E-state index contributed by atoms with van der Waals surface area (Å²) in [6, 6.07) is 4.82. The van der Waals surface area contributed by atoms with Crippen LogP contribution in [0.1, 0.15) is 42.6 Å². The van der Waals surface area contributed by atoms with E-state index in [9.17, 15) is 14.0 Å². The van der Waals surface area contributed by atoms with Crippen LogP contribution in [0.3, 0.4) is 0 Å². The lowest BCUT2D eigenvalue weighted by molar-refractivity contribution is -0.118. The molecule has 2 heterocycles. The minimum Gasteiger partial charge on any atom is -0.324 e. The third-order valence-electron chi connectivity index (χ3n) is 5.42. The first-order chi connectivity index (χ1) is 13.3. The van der Waals surface area contributed by atoms with Crippen molar-refractivity contribution in [1.29, 1.82) is 0 Å². The van der Waals surface area contributed by atoms with Gasteiger partial charge in [-0.05, 0) is 68.9 Å². The zero-order valence-corrected chi connectivity index (χ0v) is 16.9. The number of rotatable bonds is 3. The number of thiophene rings is 1. The van der Waals surface area contributed by atoms with E-state index in [-0.39, 0.29) is 17.3 Å². The number of carbonyl (C=O) groups is 1. The van der Waals surface area contributed by atoms with Gasteiger partial charge in [-0.3, -0.25) is 14.2 Å². The zero-order chi connectivity index (χ0) is 20.0. The maximum absolute atomic E-state index is 13.3. The molecule has 28 heavy (non-hydrogen) atoms. The number of anilines is 1. The van der Waals surface area contributed by atoms with Crippen molar-refractivity contribution in [3.05, 3.63) is 56.7 Å². The Bertz CT molecular complexity index is 1120. The van der Waals surface area contributed by atoms with E-state index in [4.69, 9.17) is 0 Å².